The maximum absolute atomic E-state index is 12.6. The number of rotatable bonds is 6. The van der Waals surface area contributed by atoms with E-state index in [0.717, 1.165) is 47.2 Å². The van der Waals surface area contributed by atoms with Crippen LogP contribution >= 0.6 is 11.6 Å². The summed E-state index contributed by atoms with van der Waals surface area (Å²) >= 11 is 6.02. The topological polar surface area (TPSA) is 67.1 Å². The van der Waals surface area contributed by atoms with Crippen molar-refractivity contribution in [1.29, 1.82) is 5.26 Å². The van der Waals surface area contributed by atoms with Gasteiger partial charge in [0.05, 0.1) is 6.10 Å². The molecule has 3 aromatic rings. The second kappa shape index (κ2) is 9.38. The largest absolute Gasteiger partial charge is 0.376 e. The highest BCUT2D eigenvalue weighted by molar-refractivity contribution is 6.30. The Morgan fingerprint density at radius 2 is 2.06 bits per heavy atom. The predicted molar refractivity (Wildman–Crippen MR) is 123 cm³/mol. The van der Waals surface area contributed by atoms with Gasteiger partial charge in [0.15, 0.2) is 0 Å². The Morgan fingerprint density at radius 3 is 2.77 bits per heavy atom. The second-order valence-corrected chi connectivity index (χ2v) is 8.18. The number of halogens is 1. The fourth-order valence-electron chi connectivity index (χ4n) is 4.02. The quantitative estimate of drug-likeness (QED) is 0.446. The maximum Gasteiger partial charge on any atom is 0.262 e. The minimum absolute atomic E-state index is 0.0342. The smallest absolute Gasteiger partial charge is 0.262 e. The fraction of sp³-hybridized carbons (Fsp3) is 0.280. The Bertz CT molecular complexity index is 1170. The first-order valence-electron chi connectivity index (χ1n) is 10.4. The van der Waals surface area contributed by atoms with Crippen molar-refractivity contribution in [3.8, 4) is 6.07 Å². The first kappa shape index (κ1) is 21.2. The summed E-state index contributed by atoms with van der Waals surface area (Å²) < 4.78 is 7.75. The molecule has 1 aliphatic heterocycles. The number of ether oxygens (including phenoxy) is 1. The van der Waals surface area contributed by atoms with Crippen LogP contribution in [-0.2, 0) is 16.1 Å². The van der Waals surface area contributed by atoms with Crippen LogP contribution in [-0.4, -0.2) is 29.7 Å². The van der Waals surface area contributed by atoms with E-state index < -0.39 is 0 Å². The number of hydrogen-bond acceptors (Lipinski definition) is 3. The average molecular weight is 434 g/mol. The standard InChI is InChI=1S/C25H24ClN3O2/c1-17-23(13-19(14-27)25(30)28-15-21-5-4-12-31-21)22-6-2-3-7-24(22)29(17)16-18-8-10-20(26)11-9-18/h2-3,6-11,13,21H,4-5,12,15-16H2,1H3,(H,28,30)/b19-13-/t21-/m1/s1. The molecule has 1 atom stereocenters. The van der Waals surface area contributed by atoms with Gasteiger partial charge in [0.2, 0.25) is 0 Å². The van der Waals surface area contributed by atoms with Crippen LogP contribution in [0.3, 0.4) is 0 Å². The van der Waals surface area contributed by atoms with E-state index in [1.807, 2.05) is 49.4 Å². The van der Waals surface area contributed by atoms with Gasteiger partial charge in [-0.3, -0.25) is 4.79 Å². The van der Waals surface area contributed by atoms with Crippen molar-refractivity contribution in [3.63, 3.8) is 0 Å². The summed E-state index contributed by atoms with van der Waals surface area (Å²) in [5.41, 5.74) is 4.15. The SMILES string of the molecule is Cc1c(/C=C(/C#N)C(=O)NC[C@H]2CCCO2)c2ccccc2n1Cc1ccc(Cl)cc1. The molecule has 158 valence electrons. The fourth-order valence-corrected chi connectivity index (χ4v) is 4.14. The number of fused-ring (bicyclic) bond motifs is 1. The molecule has 0 aliphatic carbocycles. The monoisotopic (exact) mass is 433 g/mol. The molecule has 0 spiro atoms. The zero-order chi connectivity index (χ0) is 21.8. The number of nitrogens with one attached hydrogen (secondary N) is 1. The number of carbonyl (C=O) groups is 1. The molecule has 1 saturated heterocycles. The molecule has 2 heterocycles. The minimum atomic E-state index is -0.369. The van der Waals surface area contributed by atoms with Crippen molar-refractivity contribution < 1.29 is 9.53 Å². The predicted octanol–water partition coefficient (Wildman–Crippen LogP) is 4.85. The second-order valence-electron chi connectivity index (χ2n) is 7.74. The molecule has 5 nitrogen and oxygen atoms in total. The molecule has 0 unspecified atom stereocenters. The molecule has 31 heavy (non-hydrogen) atoms. The van der Waals surface area contributed by atoms with E-state index in [9.17, 15) is 10.1 Å². The summed E-state index contributed by atoms with van der Waals surface area (Å²) in [6, 6.07) is 17.9. The number of aromatic nitrogens is 1. The van der Waals surface area contributed by atoms with Gasteiger partial charge in [-0.25, -0.2) is 0 Å². The van der Waals surface area contributed by atoms with Gasteiger partial charge in [-0.15, -0.1) is 0 Å². The van der Waals surface area contributed by atoms with Crippen LogP contribution in [0.5, 0.6) is 0 Å². The number of benzene rings is 2. The molecule has 0 radical (unpaired) electrons. The van der Waals surface area contributed by atoms with Crippen molar-refractivity contribution in [2.75, 3.05) is 13.2 Å². The van der Waals surface area contributed by atoms with Crippen LogP contribution in [0.15, 0.2) is 54.1 Å². The van der Waals surface area contributed by atoms with Gasteiger partial charge in [-0.2, -0.15) is 5.26 Å². The molecule has 2 aromatic carbocycles. The van der Waals surface area contributed by atoms with Gasteiger partial charge in [0.1, 0.15) is 11.6 Å². The number of nitrogens with zero attached hydrogens (tertiary/aromatic N) is 2. The average Bonchev–Trinajstić information content (AvgIpc) is 3.39. The first-order chi connectivity index (χ1) is 15.1. The Labute approximate surface area is 186 Å². The van der Waals surface area contributed by atoms with E-state index in [2.05, 4.69) is 22.0 Å². The van der Waals surface area contributed by atoms with Gasteiger partial charge in [-0.05, 0) is 49.6 Å². The van der Waals surface area contributed by atoms with Crippen LogP contribution in [0.4, 0.5) is 0 Å². The van der Waals surface area contributed by atoms with Crippen molar-refractivity contribution in [3.05, 3.63) is 75.9 Å². The molecule has 0 bridgehead atoms. The van der Waals surface area contributed by atoms with Gasteiger partial charge < -0.3 is 14.6 Å². The summed E-state index contributed by atoms with van der Waals surface area (Å²) in [5, 5.41) is 14.2. The van der Waals surface area contributed by atoms with Crippen molar-refractivity contribution in [2.24, 2.45) is 0 Å². The molecule has 0 saturated carbocycles. The normalized spacial score (nSPS) is 16.4. The summed E-state index contributed by atoms with van der Waals surface area (Å²) in [7, 11) is 0. The number of carbonyl (C=O) groups excluding carboxylic acids is 1. The molecule has 4 rings (SSSR count). The number of amides is 1. The lowest BCUT2D eigenvalue weighted by Gasteiger charge is -2.10. The molecule has 1 aromatic heterocycles. The zero-order valence-corrected chi connectivity index (χ0v) is 18.2. The first-order valence-corrected chi connectivity index (χ1v) is 10.8. The highest BCUT2D eigenvalue weighted by Gasteiger charge is 2.19. The van der Waals surface area contributed by atoms with Crippen LogP contribution in [0.1, 0.15) is 29.7 Å². The number of hydrogen-bond donors (Lipinski definition) is 1. The lowest BCUT2D eigenvalue weighted by Crippen LogP contribution is -2.32. The zero-order valence-electron chi connectivity index (χ0n) is 17.4. The van der Waals surface area contributed by atoms with Gasteiger partial charge in [-0.1, -0.05) is 41.9 Å². The molecule has 1 N–H and O–H groups in total. The third-order valence-electron chi connectivity index (χ3n) is 5.70. The van der Waals surface area contributed by atoms with Crippen molar-refractivity contribution in [2.45, 2.75) is 32.4 Å². The van der Waals surface area contributed by atoms with Gasteiger partial charge >= 0.3 is 0 Å². The van der Waals surface area contributed by atoms with Gasteiger partial charge in [0.25, 0.3) is 5.91 Å². The minimum Gasteiger partial charge on any atom is -0.376 e. The van der Waals surface area contributed by atoms with Crippen LogP contribution in [0, 0.1) is 18.3 Å². The molecular formula is C25H24ClN3O2. The molecule has 6 heteroatoms. The lowest BCUT2D eigenvalue weighted by molar-refractivity contribution is -0.117. The van der Waals surface area contributed by atoms with Crippen LogP contribution in [0.25, 0.3) is 17.0 Å². The van der Waals surface area contributed by atoms with Crippen LogP contribution in [0.2, 0.25) is 5.02 Å². The third-order valence-corrected chi connectivity index (χ3v) is 5.95. The lowest BCUT2D eigenvalue weighted by atomic mass is 10.1. The Morgan fingerprint density at radius 1 is 1.29 bits per heavy atom. The Balaban J connectivity index is 1.66. The Kier molecular flexibility index (Phi) is 6.41. The highest BCUT2D eigenvalue weighted by atomic mass is 35.5. The van der Waals surface area contributed by atoms with Gasteiger partial charge in [0, 0.05) is 46.9 Å². The Hall–Kier alpha value is -3.07. The van der Waals surface area contributed by atoms with E-state index in [1.54, 1.807) is 6.08 Å². The summed E-state index contributed by atoms with van der Waals surface area (Å²) in [6.45, 7) is 3.84. The third kappa shape index (κ3) is 4.66. The van der Waals surface area contributed by atoms with E-state index in [-0.39, 0.29) is 17.6 Å². The van der Waals surface area contributed by atoms with Crippen LogP contribution < -0.4 is 5.32 Å². The van der Waals surface area contributed by atoms with Crippen molar-refractivity contribution >= 4 is 34.5 Å². The molecule has 1 amide bonds. The summed E-state index contributed by atoms with van der Waals surface area (Å²) in [5.74, 6) is -0.369. The number of para-hydroxylation sites is 1. The summed E-state index contributed by atoms with van der Waals surface area (Å²) in [4.78, 5) is 12.6. The van der Waals surface area contributed by atoms with E-state index >= 15 is 0 Å². The van der Waals surface area contributed by atoms with E-state index in [0.29, 0.717) is 18.1 Å². The number of nitriles is 1. The molecule has 1 aliphatic rings. The van der Waals surface area contributed by atoms with E-state index in [1.165, 1.54) is 0 Å². The molecular weight excluding hydrogens is 410 g/mol. The molecule has 1 fully saturated rings. The van der Waals surface area contributed by atoms with Crippen molar-refractivity contribution in [1.82, 2.24) is 9.88 Å². The highest BCUT2D eigenvalue weighted by Crippen LogP contribution is 2.29. The maximum atomic E-state index is 12.6. The summed E-state index contributed by atoms with van der Waals surface area (Å²) in [6.07, 6.45) is 3.67. The van der Waals surface area contributed by atoms with E-state index in [4.69, 9.17) is 16.3 Å².